The predicted octanol–water partition coefficient (Wildman–Crippen LogP) is 0.222. The van der Waals surface area contributed by atoms with Crippen molar-refractivity contribution < 1.29 is 35.1 Å². The maximum Gasteiger partial charge on any atom is 0.343 e. The minimum absolute atomic E-state index is 0.0357. The summed E-state index contributed by atoms with van der Waals surface area (Å²) in [5.41, 5.74) is 1.53. The molecule has 8 heteroatoms. The number of carbonyl (C=O) groups is 1. The van der Waals surface area contributed by atoms with Gasteiger partial charge in [0, 0.05) is 0 Å². The van der Waals surface area contributed by atoms with Gasteiger partial charge in [0.25, 0.3) is 0 Å². The van der Waals surface area contributed by atoms with Gasteiger partial charge in [-0.05, 0) is 39.9 Å². The fraction of sp³-hybridized carbons (Fsp3) is 0.562. The number of ether oxygens (including phenoxy) is 1. The summed E-state index contributed by atoms with van der Waals surface area (Å²) < 4.78 is 5.76. The van der Waals surface area contributed by atoms with Crippen LogP contribution in [0.2, 0.25) is 0 Å². The summed E-state index contributed by atoms with van der Waals surface area (Å²) in [5.74, 6) is -0.924. The number of carbonyl (C=O) groups excluding carboxylic acids is 1. The van der Waals surface area contributed by atoms with Crippen LogP contribution in [0.4, 0.5) is 0 Å². The molecule has 0 spiro atoms. The van der Waals surface area contributed by atoms with Gasteiger partial charge in [0.05, 0.1) is 11.1 Å². The third-order valence-electron chi connectivity index (χ3n) is 3.64. The Kier molecular flexibility index (Phi) is 7.78. The highest BCUT2D eigenvalue weighted by molar-refractivity contribution is 9.10. The first-order valence-electron chi connectivity index (χ1n) is 7.45. The second kappa shape index (κ2) is 8.89. The van der Waals surface area contributed by atoms with Gasteiger partial charge in [-0.25, -0.2) is 4.79 Å². The van der Waals surface area contributed by atoms with E-state index in [9.17, 15) is 25.2 Å². The SMILES string of the molecule is Cc1ccc(C(C)C)c(OC(=O)[C@H](O)[C@@H](O)[C@H](O)[C@H](O)CO)c1Br. The number of aliphatic hydroxyl groups excluding tert-OH is 5. The van der Waals surface area contributed by atoms with Crippen LogP contribution in [-0.4, -0.2) is 62.5 Å². The van der Waals surface area contributed by atoms with Gasteiger partial charge in [-0.3, -0.25) is 0 Å². The largest absolute Gasteiger partial charge is 0.423 e. The smallest absolute Gasteiger partial charge is 0.343 e. The van der Waals surface area contributed by atoms with Gasteiger partial charge in [0.15, 0.2) is 6.10 Å². The third kappa shape index (κ3) is 4.75. The Hall–Kier alpha value is -1.03. The van der Waals surface area contributed by atoms with Crippen LogP contribution >= 0.6 is 15.9 Å². The van der Waals surface area contributed by atoms with E-state index in [4.69, 9.17) is 9.84 Å². The highest BCUT2D eigenvalue weighted by atomic mass is 79.9. The number of hydrogen-bond acceptors (Lipinski definition) is 7. The minimum atomic E-state index is -2.09. The normalized spacial score (nSPS) is 16.6. The molecule has 7 nitrogen and oxygen atoms in total. The minimum Gasteiger partial charge on any atom is -0.423 e. The average molecular weight is 407 g/mol. The Balaban J connectivity index is 3.01. The summed E-state index contributed by atoms with van der Waals surface area (Å²) in [5, 5.41) is 47.2. The van der Waals surface area contributed by atoms with Gasteiger partial charge >= 0.3 is 5.97 Å². The molecule has 0 amide bonds. The highest BCUT2D eigenvalue weighted by Gasteiger charge is 2.36. The molecule has 1 aromatic rings. The van der Waals surface area contributed by atoms with E-state index in [1.807, 2.05) is 19.9 Å². The topological polar surface area (TPSA) is 127 Å². The zero-order valence-electron chi connectivity index (χ0n) is 13.7. The Morgan fingerprint density at radius 2 is 1.75 bits per heavy atom. The summed E-state index contributed by atoms with van der Waals surface area (Å²) in [4.78, 5) is 12.1. The zero-order valence-corrected chi connectivity index (χ0v) is 15.3. The van der Waals surface area contributed by atoms with Crippen molar-refractivity contribution in [3.8, 4) is 5.75 Å². The molecule has 0 bridgehead atoms. The summed E-state index contributed by atoms with van der Waals surface area (Å²) in [6.07, 6.45) is -7.69. The molecule has 24 heavy (non-hydrogen) atoms. The third-order valence-corrected chi connectivity index (χ3v) is 4.63. The average Bonchev–Trinajstić information content (AvgIpc) is 2.55. The maximum absolute atomic E-state index is 12.1. The van der Waals surface area contributed by atoms with Crippen LogP contribution < -0.4 is 4.74 Å². The molecule has 0 saturated heterocycles. The summed E-state index contributed by atoms with van der Waals surface area (Å²) in [6.45, 7) is 4.78. The summed E-state index contributed by atoms with van der Waals surface area (Å²) in [6, 6.07) is 3.64. The molecule has 0 aliphatic rings. The number of esters is 1. The predicted molar refractivity (Wildman–Crippen MR) is 89.7 cm³/mol. The molecule has 5 N–H and O–H groups in total. The number of aliphatic hydroxyl groups is 5. The first-order chi connectivity index (χ1) is 11.1. The van der Waals surface area contributed by atoms with E-state index in [0.29, 0.717) is 4.47 Å². The fourth-order valence-corrected chi connectivity index (χ4v) is 2.49. The molecular formula is C16H23BrO7. The Morgan fingerprint density at radius 1 is 1.17 bits per heavy atom. The van der Waals surface area contributed by atoms with Crippen molar-refractivity contribution in [1.82, 2.24) is 0 Å². The van der Waals surface area contributed by atoms with Gasteiger partial charge in [-0.1, -0.05) is 26.0 Å². The van der Waals surface area contributed by atoms with Crippen LogP contribution in [0.3, 0.4) is 0 Å². The molecule has 1 aromatic carbocycles. The van der Waals surface area contributed by atoms with Crippen molar-refractivity contribution in [2.75, 3.05) is 6.61 Å². The zero-order chi connectivity index (χ0) is 18.6. The molecule has 0 aromatic heterocycles. The first kappa shape index (κ1) is 21.0. The Labute approximate surface area is 148 Å². The van der Waals surface area contributed by atoms with Crippen molar-refractivity contribution in [2.45, 2.75) is 51.1 Å². The second-order valence-corrected chi connectivity index (χ2v) is 6.66. The number of hydrogen-bond donors (Lipinski definition) is 5. The number of aryl methyl sites for hydroxylation is 1. The maximum atomic E-state index is 12.1. The van der Waals surface area contributed by atoms with Crippen LogP contribution in [0.25, 0.3) is 0 Å². The molecule has 0 aliphatic heterocycles. The molecule has 0 fully saturated rings. The van der Waals surface area contributed by atoms with Crippen LogP contribution in [-0.2, 0) is 4.79 Å². The van der Waals surface area contributed by atoms with E-state index in [2.05, 4.69) is 15.9 Å². The quantitative estimate of drug-likeness (QED) is 0.323. The molecule has 0 radical (unpaired) electrons. The van der Waals surface area contributed by atoms with Crippen LogP contribution in [0.1, 0.15) is 30.9 Å². The lowest BCUT2D eigenvalue weighted by atomic mass is 10.0. The molecule has 136 valence electrons. The van der Waals surface area contributed by atoms with Crippen molar-refractivity contribution in [3.05, 3.63) is 27.7 Å². The molecular weight excluding hydrogens is 384 g/mol. The molecule has 4 atom stereocenters. The van der Waals surface area contributed by atoms with Crippen molar-refractivity contribution in [1.29, 1.82) is 0 Å². The molecule has 0 unspecified atom stereocenters. The van der Waals surface area contributed by atoms with Crippen molar-refractivity contribution in [2.24, 2.45) is 0 Å². The van der Waals surface area contributed by atoms with E-state index >= 15 is 0 Å². The number of halogens is 1. The van der Waals surface area contributed by atoms with Gasteiger partial charge in [-0.2, -0.15) is 0 Å². The van der Waals surface area contributed by atoms with Crippen LogP contribution in [0.15, 0.2) is 16.6 Å². The number of rotatable bonds is 7. The van der Waals surface area contributed by atoms with E-state index in [-0.39, 0.29) is 11.7 Å². The van der Waals surface area contributed by atoms with E-state index in [1.165, 1.54) is 0 Å². The van der Waals surface area contributed by atoms with E-state index in [1.54, 1.807) is 13.0 Å². The van der Waals surface area contributed by atoms with Crippen LogP contribution in [0, 0.1) is 6.92 Å². The standard InChI is InChI=1S/C16H23BrO7/c1-7(2)9-5-4-8(3)11(17)15(9)24-16(23)14(22)13(21)12(20)10(19)6-18/h4-5,7,10,12-14,18-22H,6H2,1-3H3/t10-,12-,13+,14-/m1/s1. The van der Waals surface area contributed by atoms with Crippen molar-refractivity contribution in [3.63, 3.8) is 0 Å². The van der Waals surface area contributed by atoms with E-state index < -0.39 is 37.0 Å². The monoisotopic (exact) mass is 406 g/mol. The van der Waals surface area contributed by atoms with Gasteiger partial charge < -0.3 is 30.3 Å². The lowest BCUT2D eigenvalue weighted by Gasteiger charge is -2.25. The highest BCUT2D eigenvalue weighted by Crippen LogP contribution is 2.36. The Morgan fingerprint density at radius 3 is 2.25 bits per heavy atom. The second-order valence-electron chi connectivity index (χ2n) is 5.87. The van der Waals surface area contributed by atoms with Gasteiger partial charge in [0.2, 0.25) is 0 Å². The lowest BCUT2D eigenvalue weighted by molar-refractivity contribution is -0.161. The number of benzene rings is 1. The lowest BCUT2D eigenvalue weighted by Crippen LogP contribution is -2.49. The molecule has 0 saturated carbocycles. The molecule has 0 heterocycles. The summed E-state index contributed by atoms with van der Waals surface area (Å²) in [7, 11) is 0. The van der Waals surface area contributed by atoms with Crippen LogP contribution in [0.5, 0.6) is 5.75 Å². The van der Waals surface area contributed by atoms with Gasteiger partial charge in [0.1, 0.15) is 24.1 Å². The fourth-order valence-electron chi connectivity index (χ4n) is 2.05. The molecule has 0 aliphatic carbocycles. The molecule has 1 rings (SSSR count). The summed E-state index contributed by atoms with van der Waals surface area (Å²) >= 11 is 3.33. The van der Waals surface area contributed by atoms with Gasteiger partial charge in [-0.15, -0.1) is 0 Å². The Bertz CT molecular complexity index is 576. The van der Waals surface area contributed by atoms with Crippen molar-refractivity contribution >= 4 is 21.9 Å². The first-order valence-corrected chi connectivity index (χ1v) is 8.24. The van der Waals surface area contributed by atoms with E-state index in [0.717, 1.165) is 11.1 Å².